The maximum atomic E-state index is 11.9. The van der Waals surface area contributed by atoms with Crippen molar-refractivity contribution in [2.75, 3.05) is 20.6 Å². The van der Waals surface area contributed by atoms with Crippen molar-refractivity contribution < 1.29 is 23.1 Å². The molecule has 0 unspecified atom stereocenters. The summed E-state index contributed by atoms with van der Waals surface area (Å²) in [6.07, 6.45) is 0. The van der Waals surface area contributed by atoms with Gasteiger partial charge in [-0.1, -0.05) is 6.07 Å². The average molecular weight is 285 g/mol. The molecule has 1 rings (SSSR count). The van der Waals surface area contributed by atoms with Crippen molar-refractivity contribution in [2.24, 2.45) is 0 Å². The van der Waals surface area contributed by atoms with Gasteiger partial charge in [0.15, 0.2) is 0 Å². The number of carboxylic acid groups (broad SMARTS) is 1. The fourth-order valence-corrected chi connectivity index (χ4v) is 2.21. The van der Waals surface area contributed by atoms with Gasteiger partial charge in [-0.05, 0) is 18.2 Å². The second-order valence-corrected chi connectivity index (χ2v) is 6.02. The molecular formula is C11H13N2O5S-. The average Bonchev–Trinajstić information content (AvgIpc) is 2.35. The van der Waals surface area contributed by atoms with E-state index in [1.54, 1.807) is 0 Å². The van der Waals surface area contributed by atoms with Gasteiger partial charge in [0.1, 0.15) is 0 Å². The van der Waals surface area contributed by atoms with Gasteiger partial charge in [-0.2, -0.15) is 0 Å². The van der Waals surface area contributed by atoms with Crippen LogP contribution in [0.5, 0.6) is 0 Å². The van der Waals surface area contributed by atoms with Crippen molar-refractivity contribution in [1.29, 1.82) is 0 Å². The minimum Gasteiger partial charge on any atom is -0.548 e. The summed E-state index contributed by atoms with van der Waals surface area (Å²) in [5, 5.41) is 12.3. The van der Waals surface area contributed by atoms with Crippen molar-refractivity contribution in [3.05, 3.63) is 29.8 Å². The van der Waals surface area contributed by atoms with Crippen LogP contribution in [0, 0.1) is 0 Å². The van der Waals surface area contributed by atoms with Crippen LogP contribution in [0.3, 0.4) is 0 Å². The smallest absolute Gasteiger partial charge is 0.251 e. The zero-order chi connectivity index (χ0) is 14.6. The summed E-state index contributed by atoms with van der Waals surface area (Å²) >= 11 is 0. The number of nitrogens with zero attached hydrogens (tertiary/aromatic N) is 1. The Morgan fingerprint density at radius 1 is 1.32 bits per heavy atom. The lowest BCUT2D eigenvalue weighted by atomic mass is 10.2. The zero-order valence-corrected chi connectivity index (χ0v) is 11.2. The monoisotopic (exact) mass is 285 g/mol. The van der Waals surface area contributed by atoms with E-state index in [0.717, 1.165) is 4.31 Å². The van der Waals surface area contributed by atoms with E-state index >= 15 is 0 Å². The molecule has 0 spiro atoms. The first kappa shape index (κ1) is 15.1. The second kappa shape index (κ2) is 5.81. The normalized spacial score (nSPS) is 11.3. The van der Waals surface area contributed by atoms with E-state index in [-0.39, 0.29) is 10.5 Å². The Morgan fingerprint density at radius 3 is 2.47 bits per heavy atom. The number of sulfonamides is 1. The van der Waals surface area contributed by atoms with Gasteiger partial charge >= 0.3 is 0 Å². The molecule has 0 saturated heterocycles. The molecule has 7 nitrogen and oxygen atoms in total. The molecule has 19 heavy (non-hydrogen) atoms. The molecule has 0 heterocycles. The lowest BCUT2D eigenvalue weighted by Gasteiger charge is -2.12. The van der Waals surface area contributed by atoms with Gasteiger partial charge in [0.2, 0.25) is 10.0 Å². The molecule has 0 aromatic heterocycles. The molecule has 0 aliphatic heterocycles. The van der Waals surface area contributed by atoms with E-state index < -0.39 is 28.4 Å². The molecular weight excluding hydrogens is 272 g/mol. The molecule has 1 N–H and O–H groups in total. The van der Waals surface area contributed by atoms with Gasteiger partial charge in [0, 0.05) is 19.7 Å². The highest BCUT2D eigenvalue weighted by Gasteiger charge is 2.18. The lowest BCUT2D eigenvalue weighted by Crippen LogP contribution is -2.37. The quantitative estimate of drug-likeness (QED) is 0.702. The third-order valence-electron chi connectivity index (χ3n) is 2.27. The molecule has 0 fully saturated rings. The molecule has 1 aromatic rings. The molecule has 0 saturated carbocycles. The molecule has 1 aromatic carbocycles. The number of amides is 1. The summed E-state index contributed by atoms with van der Waals surface area (Å²) in [4.78, 5) is 21.8. The highest BCUT2D eigenvalue weighted by Crippen LogP contribution is 2.14. The van der Waals surface area contributed by atoms with Crippen LogP contribution >= 0.6 is 0 Å². The first-order valence-electron chi connectivity index (χ1n) is 5.26. The van der Waals surface area contributed by atoms with E-state index in [2.05, 4.69) is 5.32 Å². The molecule has 0 radical (unpaired) electrons. The van der Waals surface area contributed by atoms with Crippen molar-refractivity contribution in [1.82, 2.24) is 9.62 Å². The summed E-state index contributed by atoms with van der Waals surface area (Å²) in [5.41, 5.74) is 0.0594. The number of carboxylic acids is 1. The number of carbonyl (C=O) groups excluding carboxylic acids is 2. The molecule has 0 atom stereocenters. The summed E-state index contributed by atoms with van der Waals surface area (Å²) in [6, 6.07) is 5.33. The van der Waals surface area contributed by atoms with Crippen molar-refractivity contribution in [2.45, 2.75) is 4.90 Å². The van der Waals surface area contributed by atoms with E-state index in [4.69, 9.17) is 0 Å². The predicted octanol–water partition coefficient (Wildman–Crippen LogP) is -1.58. The first-order valence-corrected chi connectivity index (χ1v) is 6.70. The number of benzene rings is 1. The van der Waals surface area contributed by atoms with Crippen LogP contribution in [0.25, 0.3) is 0 Å². The van der Waals surface area contributed by atoms with Crippen molar-refractivity contribution in [3.8, 4) is 0 Å². The molecule has 0 aliphatic rings. The van der Waals surface area contributed by atoms with Crippen LogP contribution < -0.4 is 10.4 Å². The SMILES string of the molecule is CN(C)S(=O)(=O)c1cccc(C(=O)NCC(=O)[O-])c1. The molecule has 1 amide bonds. The number of carbonyl (C=O) groups is 2. The lowest BCUT2D eigenvalue weighted by molar-refractivity contribution is -0.303. The van der Waals surface area contributed by atoms with Crippen LogP contribution in [0.15, 0.2) is 29.2 Å². The number of hydrogen-bond acceptors (Lipinski definition) is 5. The van der Waals surface area contributed by atoms with E-state index in [1.807, 2.05) is 0 Å². The van der Waals surface area contributed by atoms with Gasteiger partial charge in [0.25, 0.3) is 5.91 Å². The fraction of sp³-hybridized carbons (Fsp3) is 0.273. The van der Waals surface area contributed by atoms with Gasteiger partial charge in [0.05, 0.1) is 17.4 Å². The van der Waals surface area contributed by atoms with Crippen LogP contribution in [-0.2, 0) is 14.8 Å². The summed E-state index contributed by atoms with van der Waals surface area (Å²) in [5.74, 6) is -2.11. The molecule has 0 bridgehead atoms. The van der Waals surface area contributed by atoms with Crippen molar-refractivity contribution >= 4 is 21.9 Å². The standard InChI is InChI=1S/C11H14N2O5S/c1-13(2)19(17,18)9-5-3-4-8(6-9)11(16)12-7-10(14)15/h3-6H,7H2,1-2H3,(H,12,16)(H,14,15)/p-1. The van der Waals surface area contributed by atoms with Gasteiger partial charge in [-0.25, -0.2) is 12.7 Å². The van der Waals surface area contributed by atoms with E-state index in [1.165, 1.54) is 38.4 Å². The van der Waals surface area contributed by atoms with Crippen LogP contribution in [0.4, 0.5) is 0 Å². The van der Waals surface area contributed by atoms with Crippen LogP contribution in [0.2, 0.25) is 0 Å². The summed E-state index contributed by atoms with van der Waals surface area (Å²) in [6.45, 7) is -0.635. The predicted molar refractivity (Wildman–Crippen MR) is 64.7 cm³/mol. The number of nitrogens with one attached hydrogen (secondary N) is 1. The Balaban J connectivity index is 3.01. The summed E-state index contributed by atoms with van der Waals surface area (Å²) in [7, 11) is -0.893. The third-order valence-corrected chi connectivity index (χ3v) is 4.08. The highest BCUT2D eigenvalue weighted by molar-refractivity contribution is 7.89. The van der Waals surface area contributed by atoms with Gasteiger partial charge in [-0.15, -0.1) is 0 Å². The molecule has 0 aliphatic carbocycles. The van der Waals surface area contributed by atoms with E-state index in [0.29, 0.717) is 0 Å². The highest BCUT2D eigenvalue weighted by atomic mass is 32.2. The largest absolute Gasteiger partial charge is 0.548 e. The Bertz CT molecular complexity index is 595. The Kier molecular flexibility index (Phi) is 4.62. The minimum atomic E-state index is -3.64. The van der Waals surface area contributed by atoms with Gasteiger partial charge < -0.3 is 15.2 Å². The maximum Gasteiger partial charge on any atom is 0.251 e. The number of aliphatic carboxylic acids is 1. The minimum absolute atomic E-state index is 0.0430. The molecule has 8 heteroatoms. The first-order chi connectivity index (χ1) is 8.75. The Labute approximate surface area is 110 Å². The third kappa shape index (κ3) is 3.76. The summed E-state index contributed by atoms with van der Waals surface area (Å²) < 4.78 is 24.7. The number of hydrogen-bond donors (Lipinski definition) is 1. The Morgan fingerprint density at radius 2 is 1.95 bits per heavy atom. The maximum absolute atomic E-state index is 11.9. The van der Waals surface area contributed by atoms with Crippen molar-refractivity contribution in [3.63, 3.8) is 0 Å². The van der Waals surface area contributed by atoms with E-state index in [9.17, 15) is 23.1 Å². The molecule has 104 valence electrons. The number of rotatable bonds is 5. The Hall–Kier alpha value is -1.93. The van der Waals surface area contributed by atoms with Crippen LogP contribution in [0.1, 0.15) is 10.4 Å². The zero-order valence-electron chi connectivity index (χ0n) is 10.4. The second-order valence-electron chi connectivity index (χ2n) is 3.87. The van der Waals surface area contributed by atoms with Crippen LogP contribution in [-0.4, -0.2) is 45.2 Å². The van der Waals surface area contributed by atoms with Gasteiger partial charge in [-0.3, -0.25) is 4.79 Å². The topological polar surface area (TPSA) is 107 Å². The fourth-order valence-electron chi connectivity index (χ4n) is 1.26.